The molecule has 2 aromatic rings. The van der Waals surface area contributed by atoms with E-state index in [1.807, 2.05) is 0 Å². The molecule has 0 bridgehead atoms. The molecule has 0 radical (unpaired) electrons. The Morgan fingerprint density at radius 2 is 1.71 bits per heavy atom. The first-order valence-electron chi connectivity index (χ1n) is 10.2. The van der Waals surface area contributed by atoms with Crippen LogP contribution in [-0.2, 0) is 22.6 Å². The van der Waals surface area contributed by atoms with E-state index in [1.165, 1.54) is 9.80 Å². The third kappa shape index (κ3) is 4.79. The molecular formula is C19H20F5N5O4S. The number of alkyl halides is 3. The van der Waals surface area contributed by atoms with Gasteiger partial charge in [-0.3, -0.25) is 0 Å². The molecule has 186 valence electrons. The van der Waals surface area contributed by atoms with E-state index in [1.54, 1.807) is 4.90 Å². The fraction of sp³-hybridized carbons (Fsp3) is 0.526. The summed E-state index contributed by atoms with van der Waals surface area (Å²) in [6.07, 6.45) is -3.04. The zero-order valence-corrected chi connectivity index (χ0v) is 18.7. The third-order valence-electron chi connectivity index (χ3n) is 5.86. The van der Waals surface area contributed by atoms with Gasteiger partial charge in [0.1, 0.15) is 11.6 Å². The van der Waals surface area contributed by atoms with Crippen LogP contribution in [0.4, 0.5) is 32.7 Å². The Bertz CT molecular complexity index is 1170. The lowest BCUT2D eigenvalue weighted by Gasteiger charge is -2.35. The number of nitrogens with zero attached hydrogens (tertiary/aromatic N) is 5. The summed E-state index contributed by atoms with van der Waals surface area (Å²) in [5.74, 6) is -3.72. The number of aromatic nitrogens is 2. The van der Waals surface area contributed by atoms with Crippen molar-refractivity contribution in [1.29, 1.82) is 0 Å². The van der Waals surface area contributed by atoms with Crippen molar-refractivity contribution in [2.24, 2.45) is 0 Å². The van der Waals surface area contributed by atoms with Crippen LogP contribution < -0.4 is 4.90 Å². The first kappa shape index (κ1) is 24.2. The maximum atomic E-state index is 14.4. The topological polar surface area (TPSA) is 99.9 Å². The summed E-state index contributed by atoms with van der Waals surface area (Å²) in [5, 5.41) is 3.36. The Morgan fingerprint density at radius 3 is 2.24 bits per heavy atom. The van der Waals surface area contributed by atoms with Gasteiger partial charge < -0.3 is 19.2 Å². The number of piperidine rings is 1. The molecule has 0 unspecified atom stereocenters. The Hall–Kier alpha value is -2.97. The van der Waals surface area contributed by atoms with Crippen molar-refractivity contribution >= 4 is 21.8 Å². The van der Waals surface area contributed by atoms with Gasteiger partial charge in [0.25, 0.3) is 5.95 Å². The second-order valence-electron chi connectivity index (χ2n) is 8.15. The molecule has 0 N–H and O–H groups in total. The van der Waals surface area contributed by atoms with E-state index >= 15 is 0 Å². The van der Waals surface area contributed by atoms with E-state index in [0.29, 0.717) is 32.5 Å². The lowest BCUT2D eigenvalue weighted by Crippen LogP contribution is -2.46. The van der Waals surface area contributed by atoms with E-state index in [9.17, 15) is 35.2 Å². The summed E-state index contributed by atoms with van der Waals surface area (Å²) in [6.45, 7) is 0.752. The van der Waals surface area contributed by atoms with Crippen molar-refractivity contribution in [3.63, 3.8) is 0 Å². The van der Waals surface area contributed by atoms with Gasteiger partial charge in [-0.1, -0.05) is 0 Å². The van der Waals surface area contributed by atoms with Crippen LogP contribution in [0.2, 0.25) is 0 Å². The quantitative estimate of drug-likeness (QED) is 0.572. The van der Waals surface area contributed by atoms with Gasteiger partial charge in [0.05, 0.1) is 11.4 Å². The molecule has 15 heteroatoms. The number of halogens is 5. The largest absolute Gasteiger partial charge is 0.471 e. The van der Waals surface area contributed by atoms with Crippen LogP contribution >= 0.6 is 0 Å². The minimum Gasteiger partial charge on any atom is -0.338 e. The zero-order valence-electron chi connectivity index (χ0n) is 17.8. The minimum atomic E-state index is -4.74. The summed E-state index contributed by atoms with van der Waals surface area (Å²) in [7, 11) is -3.80. The Morgan fingerprint density at radius 1 is 1.09 bits per heavy atom. The first-order chi connectivity index (χ1) is 15.8. The number of carbonyl (C=O) groups is 1. The second-order valence-corrected chi connectivity index (χ2v) is 10.2. The number of sulfone groups is 1. The van der Waals surface area contributed by atoms with Crippen LogP contribution in [0.1, 0.15) is 24.3 Å². The molecule has 2 aliphatic rings. The molecule has 9 nitrogen and oxygen atoms in total. The molecule has 0 atom stereocenters. The lowest BCUT2D eigenvalue weighted by atomic mass is 10.0. The summed E-state index contributed by atoms with van der Waals surface area (Å²) in [4.78, 5) is 20.1. The molecule has 0 spiro atoms. The van der Waals surface area contributed by atoms with Gasteiger partial charge in [-0.15, -0.1) is 0 Å². The maximum absolute atomic E-state index is 14.4. The molecule has 3 heterocycles. The number of rotatable bonds is 5. The Balaban J connectivity index is 1.38. The molecule has 1 aromatic heterocycles. The number of amides is 2. The fourth-order valence-electron chi connectivity index (χ4n) is 4.06. The van der Waals surface area contributed by atoms with Gasteiger partial charge in [-0.25, -0.2) is 22.0 Å². The van der Waals surface area contributed by atoms with E-state index in [-0.39, 0.29) is 25.1 Å². The average Bonchev–Trinajstić information content (AvgIpc) is 3.37. The van der Waals surface area contributed by atoms with Crippen LogP contribution in [0.5, 0.6) is 0 Å². The fourth-order valence-corrected chi connectivity index (χ4v) is 4.69. The van der Waals surface area contributed by atoms with E-state index in [2.05, 4.69) is 14.7 Å². The van der Waals surface area contributed by atoms with Gasteiger partial charge in [0, 0.05) is 44.0 Å². The molecule has 4 rings (SSSR count). The Labute approximate surface area is 191 Å². The highest BCUT2D eigenvalue weighted by Gasteiger charge is 2.40. The predicted octanol–water partition coefficient (Wildman–Crippen LogP) is 2.68. The number of carbonyl (C=O) groups excluding carboxylic acids is 1. The molecule has 2 fully saturated rings. The number of urea groups is 1. The molecule has 2 amide bonds. The van der Waals surface area contributed by atoms with E-state index in [0.717, 1.165) is 18.4 Å². The smallest absolute Gasteiger partial charge is 0.338 e. The molecular weight excluding hydrogens is 489 g/mol. The van der Waals surface area contributed by atoms with Crippen LogP contribution in [0.15, 0.2) is 21.6 Å². The van der Waals surface area contributed by atoms with Crippen molar-refractivity contribution in [2.45, 2.75) is 36.5 Å². The standard InChI is InChI=1S/C19H20F5N5O4S/c1-34(31,32)12-8-14(20)13(15(21)9-12)10-28-6-7-29(18(28)30)11-2-4-27(5-3-11)17-25-16(33-26-17)19(22,23)24/h8-9,11H,2-7,10H2,1H3. The molecule has 0 saturated carbocycles. The summed E-state index contributed by atoms with van der Waals surface area (Å²) >= 11 is 0. The highest BCUT2D eigenvalue weighted by molar-refractivity contribution is 7.90. The minimum absolute atomic E-state index is 0.177. The number of anilines is 1. The molecule has 1 aromatic carbocycles. The van der Waals surface area contributed by atoms with Crippen LogP contribution in [-0.4, -0.2) is 72.9 Å². The maximum Gasteiger partial charge on any atom is 0.471 e. The van der Waals surface area contributed by atoms with Crippen molar-refractivity contribution < 1.29 is 39.7 Å². The van der Waals surface area contributed by atoms with E-state index < -0.39 is 50.0 Å². The van der Waals surface area contributed by atoms with Crippen molar-refractivity contribution in [2.75, 3.05) is 37.3 Å². The monoisotopic (exact) mass is 509 g/mol. The number of hydrogen-bond acceptors (Lipinski definition) is 7. The second kappa shape index (κ2) is 8.67. The third-order valence-corrected chi connectivity index (χ3v) is 6.96. The van der Waals surface area contributed by atoms with Crippen LogP contribution in [0.25, 0.3) is 0 Å². The lowest BCUT2D eigenvalue weighted by molar-refractivity contribution is -0.159. The van der Waals surface area contributed by atoms with Crippen molar-refractivity contribution in [1.82, 2.24) is 19.9 Å². The van der Waals surface area contributed by atoms with Crippen LogP contribution in [0, 0.1) is 11.6 Å². The van der Waals surface area contributed by atoms with Gasteiger partial charge >= 0.3 is 18.1 Å². The van der Waals surface area contributed by atoms with Crippen molar-refractivity contribution in [3.8, 4) is 0 Å². The summed E-state index contributed by atoms with van der Waals surface area (Å²) in [5.41, 5.74) is -0.407. The molecule has 2 aliphatic heterocycles. The SMILES string of the molecule is CS(=O)(=O)c1cc(F)c(CN2CCN(C3CCN(c4noc(C(F)(F)F)n4)CC3)C2=O)c(F)c1. The first-order valence-corrected chi connectivity index (χ1v) is 12.1. The van der Waals surface area contributed by atoms with Gasteiger partial charge in [-0.2, -0.15) is 18.2 Å². The van der Waals surface area contributed by atoms with Gasteiger partial charge in [0.2, 0.25) is 0 Å². The zero-order chi connectivity index (χ0) is 24.8. The normalized spacial score (nSPS) is 18.3. The summed E-state index contributed by atoms with van der Waals surface area (Å²) in [6, 6.07) is 0.807. The molecule has 34 heavy (non-hydrogen) atoms. The van der Waals surface area contributed by atoms with Gasteiger partial charge in [0.15, 0.2) is 9.84 Å². The highest BCUT2D eigenvalue weighted by atomic mass is 32.2. The van der Waals surface area contributed by atoms with E-state index in [4.69, 9.17) is 0 Å². The van der Waals surface area contributed by atoms with Crippen LogP contribution in [0.3, 0.4) is 0 Å². The number of hydrogen-bond donors (Lipinski definition) is 0. The van der Waals surface area contributed by atoms with Crippen molar-refractivity contribution in [3.05, 3.63) is 35.2 Å². The predicted molar refractivity (Wildman–Crippen MR) is 107 cm³/mol. The number of benzene rings is 1. The molecule has 0 aliphatic carbocycles. The Kier molecular flexibility index (Phi) is 6.16. The van der Waals surface area contributed by atoms with Gasteiger partial charge in [-0.05, 0) is 30.1 Å². The highest BCUT2D eigenvalue weighted by Crippen LogP contribution is 2.30. The molecule has 2 saturated heterocycles. The average molecular weight is 509 g/mol. The summed E-state index contributed by atoms with van der Waals surface area (Å²) < 4.78 is 94.1.